The molecule has 158 valence electrons. The molecule has 5 rings (SSSR count). The number of amides is 1. The summed E-state index contributed by atoms with van der Waals surface area (Å²) >= 11 is 0. The molecule has 32 heavy (non-hydrogen) atoms. The first kappa shape index (κ1) is 19.9. The maximum absolute atomic E-state index is 12.4. The van der Waals surface area contributed by atoms with Crippen molar-refractivity contribution in [2.24, 2.45) is 0 Å². The van der Waals surface area contributed by atoms with Gasteiger partial charge in [0, 0.05) is 28.9 Å². The van der Waals surface area contributed by atoms with E-state index in [2.05, 4.69) is 45.6 Å². The third kappa shape index (κ3) is 4.10. The number of nitrogens with one attached hydrogen (secondary N) is 2. The van der Waals surface area contributed by atoms with Crippen molar-refractivity contribution in [3.05, 3.63) is 90.1 Å². The van der Waals surface area contributed by atoms with Crippen LogP contribution < -0.4 is 5.32 Å². The Morgan fingerprint density at radius 2 is 1.84 bits per heavy atom. The van der Waals surface area contributed by atoms with Gasteiger partial charge >= 0.3 is 0 Å². The van der Waals surface area contributed by atoms with Gasteiger partial charge in [0.05, 0.1) is 16.9 Å². The summed E-state index contributed by atoms with van der Waals surface area (Å²) < 4.78 is 0. The molecule has 3 aromatic heterocycles. The van der Waals surface area contributed by atoms with E-state index in [9.17, 15) is 4.79 Å². The molecular weight excluding hydrogens is 396 g/mol. The van der Waals surface area contributed by atoms with Crippen molar-refractivity contribution in [2.45, 2.75) is 26.2 Å². The van der Waals surface area contributed by atoms with Gasteiger partial charge in [0.1, 0.15) is 5.82 Å². The van der Waals surface area contributed by atoms with Gasteiger partial charge in [-0.25, -0.2) is 9.97 Å². The lowest BCUT2D eigenvalue weighted by molar-refractivity contribution is -0.116. The highest BCUT2D eigenvalue weighted by molar-refractivity contribution is 5.92. The topological polar surface area (TPSA) is 70.7 Å². The number of benzene rings is 2. The molecule has 0 saturated heterocycles. The van der Waals surface area contributed by atoms with Crippen LogP contribution in [-0.2, 0) is 11.2 Å². The van der Waals surface area contributed by atoms with Gasteiger partial charge < -0.3 is 10.3 Å². The van der Waals surface area contributed by atoms with Crippen molar-refractivity contribution in [2.75, 3.05) is 5.32 Å². The zero-order valence-electron chi connectivity index (χ0n) is 17.9. The van der Waals surface area contributed by atoms with E-state index in [1.807, 2.05) is 49.4 Å². The van der Waals surface area contributed by atoms with Crippen LogP contribution in [0.15, 0.2) is 79.0 Å². The van der Waals surface area contributed by atoms with Crippen molar-refractivity contribution in [3.63, 3.8) is 0 Å². The van der Waals surface area contributed by atoms with Crippen LogP contribution in [0.1, 0.15) is 24.0 Å². The van der Waals surface area contributed by atoms with E-state index in [-0.39, 0.29) is 5.91 Å². The van der Waals surface area contributed by atoms with Gasteiger partial charge in [-0.2, -0.15) is 0 Å². The zero-order valence-corrected chi connectivity index (χ0v) is 17.9. The molecule has 1 amide bonds. The summed E-state index contributed by atoms with van der Waals surface area (Å²) in [4.78, 5) is 25.1. The molecule has 2 aromatic carbocycles. The first-order chi connectivity index (χ1) is 15.7. The Kier molecular flexibility index (Phi) is 5.38. The van der Waals surface area contributed by atoms with Crippen molar-refractivity contribution in [3.8, 4) is 11.4 Å². The summed E-state index contributed by atoms with van der Waals surface area (Å²) in [5, 5.41) is 5.20. The van der Waals surface area contributed by atoms with Crippen molar-refractivity contribution < 1.29 is 4.79 Å². The van der Waals surface area contributed by atoms with Crippen molar-refractivity contribution in [1.82, 2.24) is 15.0 Å². The van der Waals surface area contributed by atoms with E-state index in [0.29, 0.717) is 12.2 Å². The van der Waals surface area contributed by atoms with E-state index in [1.165, 1.54) is 10.9 Å². The molecule has 5 aromatic rings. The highest BCUT2D eigenvalue weighted by atomic mass is 16.1. The van der Waals surface area contributed by atoms with Crippen LogP contribution in [0.2, 0.25) is 0 Å². The van der Waals surface area contributed by atoms with Crippen molar-refractivity contribution in [1.29, 1.82) is 0 Å². The first-order valence-electron chi connectivity index (χ1n) is 10.9. The number of hydrogen-bond donors (Lipinski definition) is 2. The van der Waals surface area contributed by atoms with Crippen LogP contribution in [-0.4, -0.2) is 20.9 Å². The standard InChI is InChI=1S/C27H24N4O/c1-18-15-16-28-25(17-18)31-26(32)12-6-9-21-20-8-3-5-11-23(20)30-27(21)24-14-13-19-7-2-4-10-22(19)29-24/h2-5,7-8,10-11,13-17,30H,6,9,12H2,1H3,(H,28,31,32). The summed E-state index contributed by atoms with van der Waals surface area (Å²) in [6.45, 7) is 1.98. The lowest BCUT2D eigenvalue weighted by Gasteiger charge is -2.07. The Labute approximate surface area is 186 Å². The Hall–Kier alpha value is -3.99. The predicted octanol–water partition coefficient (Wildman–Crippen LogP) is 6.05. The summed E-state index contributed by atoms with van der Waals surface area (Å²) in [5.74, 6) is 0.580. The lowest BCUT2D eigenvalue weighted by Crippen LogP contribution is -2.12. The Bertz CT molecular complexity index is 1420. The molecule has 2 N–H and O–H groups in total. The second kappa shape index (κ2) is 8.63. The van der Waals surface area contributed by atoms with E-state index < -0.39 is 0 Å². The molecule has 0 unspecified atom stereocenters. The number of para-hydroxylation sites is 2. The smallest absolute Gasteiger partial charge is 0.225 e. The number of hydrogen-bond acceptors (Lipinski definition) is 3. The number of H-pyrrole nitrogens is 1. The Balaban J connectivity index is 1.38. The van der Waals surface area contributed by atoms with Crippen molar-refractivity contribution >= 4 is 33.5 Å². The molecule has 0 fully saturated rings. The number of pyridine rings is 2. The van der Waals surface area contributed by atoms with Crippen LogP contribution in [0.3, 0.4) is 0 Å². The number of aromatic nitrogens is 3. The molecule has 0 radical (unpaired) electrons. The minimum absolute atomic E-state index is 0.0201. The highest BCUT2D eigenvalue weighted by Crippen LogP contribution is 2.31. The molecule has 0 atom stereocenters. The van der Waals surface area contributed by atoms with E-state index in [1.54, 1.807) is 6.20 Å². The molecule has 0 aliphatic rings. The van der Waals surface area contributed by atoms with Crippen LogP contribution in [0.5, 0.6) is 0 Å². The number of carbonyl (C=O) groups is 1. The fourth-order valence-corrected chi connectivity index (χ4v) is 4.12. The molecule has 0 saturated carbocycles. The largest absolute Gasteiger partial charge is 0.353 e. The fraction of sp³-hybridized carbons (Fsp3) is 0.148. The summed E-state index contributed by atoms with van der Waals surface area (Å²) in [5.41, 5.74) is 6.27. The second-order valence-corrected chi connectivity index (χ2v) is 8.03. The van der Waals surface area contributed by atoms with E-state index >= 15 is 0 Å². The molecule has 0 spiro atoms. The van der Waals surface area contributed by atoms with Gasteiger partial charge in [-0.3, -0.25) is 4.79 Å². The van der Waals surface area contributed by atoms with E-state index in [0.717, 1.165) is 46.2 Å². The highest BCUT2D eigenvalue weighted by Gasteiger charge is 2.15. The monoisotopic (exact) mass is 420 g/mol. The maximum Gasteiger partial charge on any atom is 0.225 e. The predicted molar refractivity (Wildman–Crippen MR) is 130 cm³/mol. The Morgan fingerprint density at radius 3 is 2.75 bits per heavy atom. The molecule has 0 aliphatic carbocycles. The molecule has 5 nitrogen and oxygen atoms in total. The average molecular weight is 421 g/mol. The molecule has 0 bridgehead atoms. The minimum atomic E-state index is -0.0201. The van der Waals surface area contributed by atoms with Gasteiger partial charge in [0.25, 0.3) is 0 Å². The molecule has 5 heteroatoms. The number of fused-ring (bicyclic) bond motifs is 2. The van der Waals surface area contributed by atoms with Gasteiger partial charge in [-0.05, 0) is 61.2 Å². The molecular formula is C27H24N4O. The third-order valence-electron chi connectivity index (χ3n) is 5.68. The fourth-order valence-electron chi connectivity index (χ4n) is 4.12. The number of rotatable bonds is 6. The summed E-state index contributed by atoms with van der Waals surface area (Å²) in [6.07, 6.45) is 3.65. The molecule has 0 aliphatic heterocycles. The quantitative estimate of drug-likeness (QED) is 0.351. The minimum Gasteiger partial charge on any atom is -0.353 e. The number of anilines is 1. The van der Waals surface area contributed by atoms with Crippen LogP contribution in [0.25, 0.3) is 33.2 Å². The van der Waals surface area contributed by atoms with Gasteiger partial charge in [-0.1, -0.05) is 42.5 Å². The zero-order chi connectivity index (χ0) is 21.9. The number of carbonyl (C=O) groups excluding carboxylic acids is 1. The normalized spacial score (nSPS) is 11.2. The van der Waals surface area contributed by atoms with Gasteiger partial charge in [0.15, 0.2) is 0 Å². The summed E-state index contributed by atoms with van der Waals surface area (Å²) in [6, 6.07) is 24.4. The van der Waals surface area contributed by atoms with Gasteiger partial charge in [0.2, 0.25) is 5.91 Å². The van der Waals surface area contributed by atoms with Crippen LogP contribution >= 0.6 is 0 Å². The van der Waals surface area contributed by atoms with Gasteiger partial charge in [-0.15, -0.1) is 0 Å². The SMILES string of the molecule is Cc1ccnc(NC(=O)CCCc2c(-c3ccc4ccccc4n3)[nH]c3ccccc23)c1. The average Bonchev–Trinajstić information content (AvgIpc) is 3.17. The Morgan fingerprint density at radius 1 is 1.00 bits per heavy atom. The van der Waals surface area contributed by atoms with Crippen LogP contribution in [0, 0.1) is 6.92 Å². The van der Waals surface area contributed by atoms with E-state index in [4.69, 9.17) is 4.98 Å². The lowest BCUT2D eigenvalue weighted by atomic mass is 10.0. The maximum atomic E-state index is 12.4. The number of aromatic amines is 1. The number of nitrogens with zero attached hydrogens (tertiary/aromatic N) is 2. The van der Waals surface area contributed by atoms with Crippen LogP contribution in [0.4, 0.5) is 5.82 Å². The third-order valence-corrected chi connectivity index (χ3v) is 5.68. The first-order valence-corrected chi connectivity index (χ1v) is 10.9. The number of aryl methyl sites for hydroxylation is 2. The second-order valence-electron chi connectivity index (χ2n) is 8.03. The molecule has 3 heterocycles. The summed E-state index contributed by atoms with van der Waals surface area (Å²) in [7, 11) is 0.